The van der Waals surface area contributed by atoms with E-state index in [2.05, 4.69) is 20.3 Å². The van der Waals surface area contributed by atoms with Gasteiger partial charge in [0.2, 0.25) is 0 Å². The molecule has 124 valence electrons. The summed E-state index contributed by atoms with van der Waals surface area (Å²) in [6, 6.07) is 13.3. The normalized spacial score (nSPS) is 12.2. The molecule has 1 atom stereocenters. The van der Waals surface area contributed by atoms with Crippen molar-refractivity contribution in [1.29, 1.82) is 0 Å². The van der Waals surface area contributed by atoms with Crippen LogP contribution in [0.3, 0.4) is 0 Å². The van der Waals surface area contributed by atoms with Crippen LogP contribution >= 0.6 is 0 Å². The van der Waals surface area contributed by atoms with Crippen molar-refractivity contribution in [2.75, 3.05) is 30.0 Å². The van der Waals surface area contributed by atoms with E-state index in [1.54, 1.807) is 6.20 Å². The van der Waals surface area contributed by atoms with Crippen LogP contribution in [0.15, 0.2) is 48.7 Å². The Labute approximate surface area is 143 Å². The van der Waals surface area contributed by atoms with Crippen molar-refractivity contribution in [3.63, 3.8) is 0 Å². The van der Waals surface area contributed by atoms with Crippen LogP contribution in [0.5, 0.6) is 0 Å². The van der Waals surface area contributed by atoms with E-state index in [0.29, 0.717) is 35.4 Å². The van der Waals surface area contributed by atoms with Gasteiger partial charge in [-0.1, -0.05) is 18.2 Å². The summed E-state index contributed by atoms with van der Waals surface area (Å²) in [5.41, 5.74) is 1.53. The van der Waals surface area contributed by atoms with Gasteiger partial charge in [-0.25, -0.2) is 9.97 Å². The van der Waals surface area contributed by atoms with Crippen molar-refractivity contribution in [2.45, 2.75) is 0 Å². The highest BCUT2D eigenvalue weighted by molar-refractivity contribution is 7.91. The Morgan fingerprint density at radius 3 is 2.67 bits per heavy atom. The van der Waals surface area contributed by atoms with Crippen LogP contribution in [0.2, 0.25) is 0 Å². The first-order valence-electron chi connectivity index (χ1n) is 7.66. The van der Waals surface area contributed by atoms with Gasteiger partial charge in [0.25, 0.3) is 0 Å². The van der Waals surface area contributed by atoms with E-state index >= 15 is 0 Å². The van der Waals surface area contributed by atoms with Crippen molar-refractivity contribution in [2.24, 2.45) is 0 Å². The molecule has 7 heteroatoms. The van der Waals surface area contributed by atoms with E-state index in [9.17, 15) is 4.55 Å². The third-order valence-corrected chi connectivity index (χ3v) is 4.74. The SMILES string of the molecule is [O-][S+](CCO)CCNc1nc(-c2ccccn2)nc2ccccc12. The maximum Gasteiger partial charge on any atom is 0.180 e. The summed E-state index contributed by atoms with van der Waals surface area (Å²) in [7, 11) is 0. The number of pyridine rings is 1. The summed E-state index contributed by atoms with van der Waals surface area (Å²) in [5, 5.41) is 13.0. The molecular weight excluding hydrogens is 324 g/mol. The van der Waals surface area contributed by atoms with E-state index in [1.807, 2.05) is 42.5 Å². The van der Waals surface area contributed by atoms with Crippen molar-refractivity contribution in [1.82, 2.24) is 15.0 Å². The van der Waals surface area contributed by atoms with Gasteiger partial charge in [0.05, 0.1) is 18.7 Å². The topological polar surface area (TPSA) is 94.0 Å². The fraction of sp³-hybridized carbons (Fsp3) is 0.235. The number of hydrogen-bond donors (Lipinski definition) is 2. The van der Waals surface area contributed by atoms with Gasteiger partial charge >= 0.3 is 0 Å². The second-order valence-electron chi connectivity index (χ2n) is 5.13. The van der Waals surface area contributed by atoms with Crippen LogP contribution in [-0.4, -0.2) is 49.3 Å². The molecule has 0 aliphatic heterocycles. The van der Waals surface area contributed by atoms with Crippen LogP contribution in [0.1, 0.15) is 0 Å². The number of nitrogens with one attached hydrogen (secondary N) is 1. The summed E-state index contributed by atoms with van der Waals surface area (Å²) in [5.74, 6) is 2.00. The highest BCUT2D eigenvalue weighted by Crippen LogP contribution is 2.23. The molecule has 3 rings (SSSR count). The van der Waals surface area contributed by atoms with Gasteiger partial charge in [0.15, 0.2) is 5.82 Å². The number of para-hydroxylation sites is 1. The quantitative estimate of drug-likeness (QED) is 0.636. The van der Waals surface area contributed by atoms with Crippen LogP contribution in [0, 0.1) is 0 Å². The molecular formula is C17H18N4O2S. The molecule has 0 saturated heterocycles. The zero-order valence-corrected chi connectivity index (χ0v) is 13.9. The minimum atomic E-state index is -1.04. The van der Waals surface area contributed by atoms with Crippen molar-refractivity contribution < 1.29 is 9.66 Å². The van der Waals surface area contributed by atoms with Gasteiger partial charge < -0.3 is 15.0 Å². The fourth-order valence-electron chi connectivity index (χ4n) is 2.31. The van der Waals surface area contributed by atoms with Gasteiger partial charge in [-0.2, -0.15) is 0 Å². The summed E-state index contributed by atoms with van der Waals surface area (Å²) in [6.45, 7) is 0.447. The maximum absolute atomic E-state index is 11.7. The molecule has 2 N–H and O–H groups in total. The average Bonchev–Trinajstić information content (AvgIpc) is 2.62. The molecule has 0 aliphatic rings. The molecule has 0 fully saturated rings. The minimum absolute atomic E-state index is 0.0626. The Balaban J connectivity index is 1.88. The van der Waals surface area contributed by atoms with Gasteiger partial charge in [0.1, 0.15) is 23.0 Å². The summed E-state index contributed by atoms with van der Waals surface area (Å²) >= 11 is -1.04. The fourth-order valence-corrected chi connectivity index (χ4v) is 3.05. The molecule has 0 aliphatic carbocycles. The van der Waals surface area contributed by atoms with Crippen molar-refractivity contribution in [3.05, 3.63) is 48.7 Å². The highest BCUT2D eigenvalue weighted by Gasteiger charge is 2.11. The van der Waals surface area contributed by atoms with Crippen LogP contribution in [0.25, 0.3) is 22.4 Å². The van der Waals surface area contributed by atoms with Crippen molar-refractivity contribution in [3.8, 4) is 11.5 Å². The number of aliphatic hydroxyl groups excluding tert-OH is 1. The summed E-state index contributed by atoms with van der Waals surface area (Å²) < 4.78 is 11.7. The third-order valence-electron chi connectivity index (χ3n) is 3.44. The first-order chi connectivity index (χ1) is 11.8. The number of rotatable bonds is 7. The molecule has 0 amide bonds. The van der Waals surface area contributed by atoms with Crippen LogP contribution in [-0.2, 0) is 11.2 Å². The minimum Gasteiger partial charge on any atom is -0.616 e. The zero-order valence-electron chi connectivity index (χ0n) is 13.1. The molecule has 24 heavy (non-hydrogen) atoms. The van der Waals surface area contributed by atoms with E-state index in [0.717, 1.165) is 10.9 Å². The third kappa shape index (κ3) is 4.00. The molecule has 0 spiro atoms. The van der Waals surface area contributed by atoms with Crippen LogP contribution < -0.4 is 5.32 Å². The number of aromatic nitrogens is 3. The standard InChI is InChI=1S/C17H18N4O2S/c22-10-12-24(23)11-9-19-16-13-5-1-2-6-14(13)20-17(21-16)15-7-3-4-8-18-15/h1-8,22H,9-12H2,(H,19,20,21). The van der Waals surface area contributed by atoms with E-state index in [4.69, 9.17) is 5.11 Å². The van der Waals surface area contributed by atoms with Gasteiger partial charge in [-0.3, -0.25) is 4.98 Å². The smallest absolute Gasteiger partial charge is 0.180 e. The lowest BCUT2D eigenvalue weighted by atomic mass is 10.2. The number of fused-ring (bicyclic) bond motifs is 1. The Morgan fingerprint density at radius 1 is 1.04 bits per heavy atom. The van der Waals surface area contributed by atoms with E-state index < -0.39 is 11.2 Å². The number of hydrogen-bond acceptors (Lipinski definition) is 6. The lowest BCUT2D eigenvalue weighted by Crippen LogP contribution is -2.20. The molecule has 1 aromatic carbocycles. The Morgan fingerprint density at radius 2 is 1.88 bits per heavy atom. The largest absolute Gasteiger partial charge is 0.616 e. The van der Waals surface area contributed by atoms with Crippen molar-refractivity contribution >= 4 is 27.9 Å². The first kappa shape index (κ1) is 16.6. The second-order valence-corrected chi connectivity index (χ2v) is 6.82. The van der Waals surface area contributed by atoms with Gasteiger partial charge in [-0.05, 0) is 35.4 Å². The Kier molecular flexibility index (Phi) is 5.58. The monoisotopic (exact) mass is 342 g/mol. The lowest BCUT2D eigenvalue weighted by Gasteiger charge is -2.12. The molecule has 0 bridgehead atoms. The summed E-state index contributed by atoms with van der Waals surface area (Å²) in [4.78, 5) is 13.5. The number of anilines is 1. The number of benzene rings is 1. The van der Waals surface area contributed by atoms with Crippen LogP contribution in [0.4, 0.5) is 5.82 Å². The molecule has 1 unspecified atom stereocenters. The molecule has 3 aromatic rings. The molecule has 2 aromatic heterocycles. The van der Waals surface area contributed by atoms with Gasteiger partial charge in [-0.15, -0.1) is 0 Å². The second kappa shape index (κ2) is 8.05. The number of aliphatic hydroxyl groups is 1. The lowest BCUT2D eigenvalue weighted by molar-refractivity contribution is 0.319. The predicted molar refractivity (Wildman–Crippen MR) is 96.2 cm³/mol. The average molecular weight is 342 g/mol. The molecule has 6 nitrogen and oxygen atoms in total. The predicted octanol–water partition coefficient (Wildman–Crippen LogP) is 1.84. The highest BCUT2D eigenvalue weighted by atomic mass is 32.2. The molecule has 0 saturated carbocycles. The summed E-state index contributed by atoms with van der Waals surface area (Å²) in [6.07, 6.45) is 1.71. The Bertz CT molecular complexity index is 801. The Hall–Kier alpha value is -2.22. The molecule has 0 radical (unpaired) electrons. The maximum atomic E-state index is 11.7. The zero-order chi connectivity index (χ0) is 16.8. The van der Waals surface area contributed by atoms with Gasteiger partial charge in [0, 0.05) is 11.6 Å². The van der Waals surface area contributed by atoms with E-state index in [-0.39, 0.29) is 6.61 Å². The molecule has 2 heterocycles. The first-order valence-corrected chi connectivity index (χ1v) is 9.14. The van der Waals surface area contributed by atoms with E-state index in [1.165, 1.54) is 0 Å². The number of nitrogens with zero attached hydrogens (tertiary/aromatic N) is 3.